The Morgan fingerprint density at radius 1 is 1.03 bits per heavy atom. The Morgan fingerprint density at radius 2 is 1.67 bits per heavy atom. The standard InChI is InChI=1S/C24H24N4O4S/c25-24(23(30)32-14-16-9-5-2-6-10-16)11-17(33-18-12-26-28-27-18)19-20(21(19)24)22(29)31-13-15-7-3-1-4-8-15/h1-10,12,17,19-21H,11,13-14,25H2,(H,26,27,28)/t17?,19-,20-,21-,24?/m0/s1. The Morgan fingerprint density at radius 3 is 2.27 bits per heavy atom. The van der Waals surface area contributed by atoms with Crippen molar-refractivity contribution in [1.82, 2.24) is 15.4 Å². The zero-order valence-corrected chi connectivity index (χ0v) is 18.6. The van der Waals surface area contributed by atoms with Gasteiger partial charge in [-0.25, -0.2) is 0 Å². The Labute approximate surface area is 195 Å². The number of fused-ring (bicyclic) bond motifs is 1. The molecule has 1 aromatic heterocycles. The van der Waals surface area contributed by atoms with E-state index in [-0.39, 0.29) is 36.3 Å². The number of nitrogens with zero attached hydrogens (tertiary/aromatic N) is 2. The number of nitrogens with two attached hydrogens (primary N) is 1. The number of aromatic nitrogens is 3. The molecule has 0 spiro atoms. The molecule has 2 aromatic carbocycles. The molecule has 3 N–H and O–H groups in total. The van der Waals surface area contributed by atoms with Crippen molar-refractivity contribution in [3.05, 3.63) is 78.0 Å². The SMILES string of the molecule is NC1(C(=O)OCc2ccccc2)CC(Sc2cn[nH]n2)[C@H]2[C@H](C(=O)OCc3ccccc3)[C@H]21. The highest BCUT2D eigenvalue weighted by Gasteiger charge is 2.74. The number of esters is 2. The Bertz CT molecular complexity index is 1110. The zero-order chi connectivity index (χ0) is 22.8. The van der Waals surface area contributed by atoms with E-state index in [2.05, 4.69) is 15.4 Å². The van der Waals surface area contributed by atoms with E-state index in [1.54, 1.807) is 6.20 Å². The van der Waals surface area contributed by atoms with Crippen LogP contribution in [0.3, 0.4) is 0 Å². The number of H-pyrrole nitrogens is 1. The van der Waals surface area contributed by atoms with Gasteiger partial charge < -0.3 is 15.2 Å². The van der Waals surface area contributed by atoms with E-state index in [1.807, 2.05) is 60.7 Å². The average Bonchev–Trinajstić information content (AvgIpc) is 3.27. The highest BCUT2D eigenvalue weighted by atomic mass is 32.2. The van der Waals surface area contributed by atoms with E-state index in [0.717, 1.165) is 11.1 Å². The van der Waals surface area contributed by atoms with E-state index >= 15 is 0 Å². The molecule has 3 aromatic rings. The number of thioether (sulfide) groups is 1. The van der Waals surface area contributed by atoms with Gasteiger partial charge in [0.15, 0.2) is 0 Å². The van der Waals surface area contributed by atoms with Crippen LogP contribution in [0.2, 0.25) is 0 Å². The maximum Gasteiger partial charge on any atom is 0.326 e. The third kappa shape index (κ3) is 4.38. The van der Waals surface area contributed by atoms with Crippen LogP contribution in [0.15, 0.2) is 71.9 Å². The van der Waals surface area contributed by atoms with Crippen molar-refractivity contribution in [2.75, 3.05) is 0 Å². The molecule has 9 heteroatoms. The molecule has 170 valence electrons. The van der Waals surface area contributed by atoms with E-state index in [9.17, 15) is 9.59 Å². The largest absolute Gasteiger partial charge is 0.461 e. The maximum atomic E-state index is 13.1. The summed E-state index contributed by atoms with van der Waals surface area (Å²) in [7, 11) is 0. The first-order chi connectivity index (χ1) is 16.1. The summed E-state index contributed by atoms with van der Waals surface area (Å²) in [4.78, 5) is 26.1. The monoisotopic (exact) mass is 464 g/mol. The van der Waals surface area contributed by atoms with Gasteiger partial charge in [-0.1, -0.05) is 72.4 Å². The summed E-state index contributed by atoms with van der Waals surface area (Å²) in [6.07, 6.45) is 2.02. The zero-order valence-electron chi connectivity index (χ0n) is 17.8. The highest BCUT2D eigenvalue weighted by molar-refractivity contribution is 7.99. The summed E-state index contributed by atoms with van der Waals surface area (Å²) >= 11 is 1.48. The Kier molecular flexibility index (Phi) is 5.90. The van der Waals surface area contributed by atoms with Crippen LogP contribution in [0.5, 0.6) is 0 Å². The van der Waals surface area contributed by atoms with Gasteiger partial charge in [-0.2, -0.15) is 10.3 Å². The number of benzene rings is 2. The summed E-state index contributed by atoms with van der Waals surface area (Å²) in [5.74, 6) is -1.66. The number of rotatable bonds is 8. The fraction of sp³-hybridized carbons (Fsp3) is 0.333. The van der Waals surface area contributed by atoms with Gasteiger partial charge in [-0.05, 0) is 23.5 Å². The van der Waals surface area contributed by atoms with Crippen LogP contribution in [0, 0.1) is 17.8 Å². The summed E-state index contributed by atoms with van der Waals surface area (Å²) in [6.45, 7) is 0.326. The predicted molar refractivity (Wildman–Crippen MR) is 121 cm³/mol. The lowest BCUT2D eigenvalue weighted by Crippen LogP contribution is -2.51. The summed E-state index contributed by atoms with van der Waals surface area (Å²) in [6, 6.07) is 19.0. The maximum absolute atomic E-state index is 13.1. The minimum atomic E-state index is -1.25. The van der Waals surface area contributed by atoms with Gasteiger partial charge >= 0.3 is 11.9 Å². The van der Waals surface area contributed by atoms with Crippen LogP contribution < -0.4 is 5.73 Å². The lowest BCUT2D eigenvalue weighted by molar-refractivity contribution is -0.153. The summed E-state index contributed by atoms with van der Waals surface area (Å²) < 4.78 is 11.2. The number of ether oxygens (including phenoxy) is 2. The molecular formula is C24H24N4O4S. The molecule has 5 atom stereocenters. The first-order valence-electron chi connectivity index (χ1n) is 10.8. The smallest absolute Gasteiger partial charge is 0.326 e. The van der Waals surface area contributed by atoms with Gasteiger partial charge in [0, 0.05) is 11.2 Å². The fourth-order valence-corrected chi connectivity index (χ4v) is 6.17. The molecular weight excluding hydrogens is 440 g/mol. The number of hydrogen-bond acceptors (Lipinski definition) is 8. The molecule has 5 rings (SSSR count). The van der Waals surface area contributed by atoms with Gasteiger partial charge in [0.25, 0.3) is 0 Å². The quantitative estimate of drug-likeness (QED) is 0.488. The first kappa shape index (κ1) is 21.7. The molecule has 0 bridgehead atoms. The van der Waals surface area contributed by atoms with Crippen LogP contribution in [-0.2, 0) is 32.3 Å². The molecule has 0 aliphatic heterocycles. The third-order valence-electron chi connectivity index (χ3n) is 6.39. The number of carbonyl (C=O) groups excluding carboxylic acids is 2. The third-order valence-corrected chi connectivity index (χ3v) is 7.61. The Balaban J connectivity index is 1.30. The Hall–Kier alpha value is -3.17. The molecule has 1 heterocycles. The summed E-state index contributed by atoms with van der Waals surface area (Å²) in [5, 5.41) is 11.2. The average molecular weight is 465 g/mol. The van der Waals surface area contributed by atoms with E-state index < -0.39 is 17.4 Å². The topological polar surface area (TPSA) is 120 Å². The van der Waals surface area contributed by atoms with E-state index in [4.69, 9.17) is 15.2 Å². The first-order valence-corrected chi connectivity index (χ1v) is 11.7. The second-order valence-electron chi connectivity index (χ2n) is 8.49. The molecule has 0 amide bonds. The molecule has 33 heavy (non-hydrogen) atoms. The molecule has 2 aliphatic rings. The van der Waals surface area contributed by atoms with Crippen molar-refractivity contribution in [2.45, 2.75) is 35.4 Å². The highest BCUT2D eigenvalue weighted by Crippen LogP contribution is 2.65. The van der Waals surface area contributed by atoms with E-state index in [0.29, 0.717) is 11.4 Å². The van der Waals surface area contributed by atoms with Gasteiger partial charge in [0.2, 0.25) is 0 Å². The van der Waals surface area contributed by atoms with Crippen LogP contribution in [0.4, 0.5) is 0 Å². The van der Waals surface area contributed by atoms with Crippen molar-refractivity contribution < 1.29 is 19.1 Å². The molecule has 0 saturated heterocycles. The molecule has 2 unspecified atom stereocenters. The molecule has 2 aliphatic carbocycles. The van der Waals surface area contributed by atoms with Crippen molar-refractivity contribution in [3.8, 4) is 0 Å². The molecule has 2 saturated carbocycles. The fourth-order valence-electron chi connectivity index (χ4n) is 4.79. The second kappa shape index (κ2) is 8.99. The molecule has 0 radical (unpaired) electrons. The number of carbonyl (C=O) groups is 2. The lowest BCUT2D eigenvalue weighted by Gasteiger charge is -2.27. The minimum Gasteiger partial charge on any atom is -0.461 e. The summed E-state index contributed by atoms with van der Waals surface area (Å²) in [5.41, 5.74) is 7.20. The van der Waals surface area contributed by atoms with Crippen LogP contribution in [0.25, 0.3) is 0 Å². The van der Waals surface area contributed by atoms with Crippen LogP contribution in [-0.4, -0.2) is 38.1 Å². The van der Waals surface area contributed by atoms with Crippen molar-refractivity contribution in [3.63, 3.8) is 0 Å². The minimum absolute atomic E-state index is 0.0661. The van der Waals surface area contributed by atoms with Gasteiger partial charge in [0.1, 0.15) is 23.8 Å². The molecule has 2 fully saturated rings. The lowest BCUT2D eigenvalue weighted by atomic mass is 9.91. The second-order valence-corrected chi connectivity index (χ2v) is 9.75. The molecule has 8 nitrogen and oxygen atoms in total. The van der Waals surface area contributed by atoms with Crippen molar-refractivity contribution in [1.29, 1.82) is 0 Å². The van der Waals surface area contributed by atoms with Gasteiger partial charge in [-0.15, -0.1) is 5.10 Å². The van der Waals surface area contributed by atoms with Crippen LogP contribution in [0.1, 0.15) is 17.5 Å². The van der Waals surface area contributed by atoms with Crippen LogP contribution >= 0.6 is 11.8 Å². The van der Waals surface area contributed by atoms with Crippen molar-refractivity contribution >= 4 is 23.7 Å². The van der Waals surface area contributed by atoms with Gasteiger partial charge in [-0.3, -0.25) is 9.59 Å². The normalized spacial score (nSPS) is 27.5. The number of hydrogen-bond donors (Lipinski definition) is 2. The van der Waals surface area contributed by atoms with Crippen molar-refractivity contribution in [2.24, 2.45) is 23.5 Å². The van der Waals surface area contributed by atoms with E-state index in [1.165, 1.54) is 11.8 Å². The van der Waals surface area contributed by atoms with Gasteiger partial charge in [0.05, 0.1) is 12.1 Å². The predicted octanol–water partition coefficient (Wildman–Crippen LogP) is 2.72. The number of aromatic amines is 1. The number of nitrogens with one attached hydrogen (secondary N) is 1.